The Kier molecular flexibility index (Phi) is 9.06. The number of nitrogens with zero attached hydrogens (tertiary/aromatic N) is 1. The fraction of sp³-hybridized carbons (Fsp3) is 0.682. The number of hydrogen-bond donors (Lipinski definition) is 1. The van der Waals surface area contributed by atoms with Crippen LogP contribution in [0.5, 0.6) is 5.75 Å². The minimum absolute atomic E-state index is 0. The predicted molar refractivity (Wildman–Crippen MR) is 114 cm³/mol. The molecule has 3 rings (SSSR count). The number of methoxy groups -OCH3 is 1. The van der Waals surface area contributed by atoms with Crippen LogP contribution in [0.2, 0.25) is 0 Å². The summed E-state index contributed by atoms with van der Waals surface area (Å²) in [5.41, 5.74) is 0.769. The summed E-state index contributed by atoms with van der Waals surface area (Å²) < 4.78 is 11.2. The molecule has 2 fully saturated rings. The zero-order chi connectivity index (χ0) is 19.1. The van der Waals surface area contributed by atoms with Crippen molar-refractivity contribution < 1.29 is 14.3 Å². The number of halogens is 1. The van der Waals surface area contributed by atoms with E-state index in [1.807, 2.05) is 11.8 Å². The first-order valence-electron chi connectivity index (χ1n) is 10.4. The molecule has 2 saturated heterocycles. The Balaban J connectivity index is 0.00000280. The number of piperidine rings is 2. The third-order valence-electron chi connectivity index (χ3n) is 6.17. The summed E-state index contributed by atoms with van der Waals surface area (Å²) in [5.74, 6) is 1.85. The first kappa shape index (κ1) is 23.0. The van der Waals surface area contributed by atoms with Crippen molar-refractivity contribution in [1.82, 2.24) is 10.2 Å². The lowest BCUT2D eigenvalue weighted by Gasteiger charge is -2.41. The fourth-order valence-corrected chi connectivity index (χ4v) is 4.34. The molecule has 28 heavy (non-hydrogen) atoms. The number of nitrogens with one attached hydrogen (secondary N) is 1. The van der Waals surface area contributed by atoms with Gasteiger partial charge >= 0.3 is 0 Å². The van der Waals surface area contributed by atoms with Crippen LogP contribution in [-0.4, -0.2) is 56.3 Å². The van der Waals surface area contributed by atoms with Gasteiger partial charge in [0.25, 0.3) is 5.91 Å². The molecule has 2 heterocycles. The summed E-state index contributed by atoms with van der Waals surface area (Å²) in [6.45, 7) is 6.16. The highest BCUT2D eigenvalue weighted by atomic mass is 35.5. The van der Waals surface area contributed by atoms with E-state index in [0.717, 1.165) is 64.0 Å². The molecule has 158 valence electrons. The van der Waals surface area contributed by atoms with E-state index in [0.29, 0.717) is 12.5 Å². The normalized spacial score (nSPS) is 19.7. The molecule has 0 spiro atoms. The van der Waals surface area contributed by atoms with Crippen molar-refractivity contribution in [1.29, 1.82) is 0 Å². The molecule has 0 aliphatic carbocycles. The molecule has 6 heteroatoms. The molecule has 0 saturated carbocycles. The number of carbonyl (C=O) groups is 1. The van der Waals surface area contributed by atoms with Crippen LogP contribution in [-0.2, 0) is 16.0 Å². The van der Waals surface area contributed by atoms with Crippen LogP contribution >= 0.6 is 12.4 Å². The van der Waals surface area contributed by atoms with Crippen molar-refractivity contribution in [2.24, 2.45) is 5.92 Å². The van der Waals surface area contributed by atoms with E-state index >= 15 is 0 Å². The second-order valence-electron chi connectivity index (χ2n) is 7.80. The van der Waals surface area contributed by atoms with Gasteiger partial charge in [0, 0.05) is 20.2 Å². The highest BCUT2D eigenvalue weighted by Gasteiger charge is 2.43. The molecule has 1 aromatic rings. The third kappa shape index (κ3) is 5.62. The fourth-order valence-electron chi connectivity index (χ4n) is 4.34. The highest BCUT2D eigenvalue weighted by Crippen LogP contribution is 2.29. The number of rotatable bonds is 7. The molecular formula is C22H35ClN2O3. The summed E-state index contributed by atoms with van der Waals surface area (Å²) in [6, 6.07) is 8.46. The first-order valence-corrected chi connectivity index (χ1v) is 10.4. The molecule has 2 aliphatic heterocycles. The predicted octanol–water partition coefficient (Wildman–Crippen LogP) is 3.45. The summed E-state index contributed by atoms with van der Waals surface area (Å²) in [4.78, 5) is 15.1. The van der Waals surface area contributed by atoms with Crippen LogP contribution in [0, 0.1) is 5.92 Å². The van der Waals surface area contributed by atoms with Crippen molar-refractivity contribution in [3.8, 4) is 5.75 Å². The highest BCUT2D eigenvalue weighted by molar-refractivity contribution is 5.86. The molecule has 5 nitrogen and oxygen atoms in total. The van der Waals surface area contributed by atoms with E-state index in [-0.39, 0.29) is 18.3 Å². The zero-order valence-electron chi connectivity index (χ0n) is 17.2. The largest absolute Gasteiger partial charge is 0.494 e. The molecule has 0 bridgehead atoms. The van der Waals surface area contributed by atoms with Gasteiger partial charge in [-0.15, -0.1) is 12.4 Å². The Morgan fingerprint density at radius 3 is 2.39 bits per heavy atom. The Morgan fingerprint density at radius 1 is 1.18 bits per heavy atom. The number of benzene rings is 1. The van der Waals surface area contributed by atoms with E-state index < -0.39 is 5.60 Å². The lowest BCUT2D eigenvalue weighted by Crippen LogP contribution is -2.56. The molecule has 1 N–H and O–H groups in total. The van der Waals surface area contributed by atoms with Gasteiger partial charge in [0.05, 0.1) is 6.61 Å². The van der Waals surface area contributed by atoms with Crippen LogP contribution < -0.4 is 10.1 Å². The van der Waals surface area contributed by atoms with Crippen LogP contribution in [0.15, 0.2) is 24.3 Å². The molecule has 0 radical (unpaired) electrons. The molecule has 0 aromatic heterocycles. The number of hydrogen-bond acceptors (Lipinski definition) is 4. The van der Waals surface area contributed by atoms with E-state index in [4.69, 9.17) is 9.47 Å². The van der Waals surface area contributed by atoms with Gasteiger partial charge in [-0.25, -0.2) is 0 Å². The lowest BCUT2D eigenvalue weighted by molar-refractivity contribution is -0.159. The minimum Gasteiger partial charge on any atom is -0.494 e. The molecular weight excluding hydrogens is 376 g/mol. The topological polar surface area (TPSA) is 50.8 Å². The van der Waals surface area contributed by atoms with Gasteiger partial charge in [0.2, 0.25) is 0 Å². The zero-order valence-corrected chi connectivity index (χ0v) is 18.1. The number of likely N-dealkylation sites (tertiary alicyclic amines) is 1. The van der Waals surface area contributed by atoms with Crippen molar-refractivity contribution in [2.75, 3.05) is 39.9 Å². The summed E-state index contributed by atoms with van der Waals surface area (Å²) in [6.07, 6.45) is 6.04. The maximum absolute atomic E-state index is 13.0. The van der Waals surface area contributed by atoms with Crippen LogP contribution in [0.1, 0.15) is 44.6 Å². The third-order valence-corrected chi connectivity index (χ3v) is 6.17. The van der Waals surface area contributed by atoms with Gasteiger partial charge in [-0.1, -0.05) is 12.1 Å². The average Bonchev–Trinajstić information content (AvgIpc) is 2.74. The monoisotopic (exact) mass is 410 g/mol. The molecule has 1 aromatic carbocycles. The van der Waals surface area contributed by atoms with Crippen LogP contribution in [0.3, 0.4) is 0 Å². The number of ether oxygens (including phenoxy) is 2. The molecule has 1 amide bonds. The Labute approximate surface area is 175 Å². The second kappa shape index (κ2) is 11.0. The second-order valence-corrected chi connectivity index (χ2v) is 7.80. The molecule has 0 unspecified atom stereocenters. The quantitative estimate of drug-likeness (QED) is 0.748. The van der Waals surface area contributed by atoms with Crippen molar-refractivity contribution in [3.05, 3.63) is 29.8 Å². The standard InChI is InChI=1S/C22H34N2O3.ClH/c1-3-27-20-8-6-18(7-9-20)4-5-19-10-16-24(17-11-19)21(25)22(26-2)12-14-23-15-13-22;/h6-9,19,23H,3-5,10-17H2,1-2H3;1H. The number of aryl methyl sites for hydroxylation is 1. The number of amides is 1. The summed E-state index contributed by atoms with van der Waals surface area (Å²) in [5, 5.41) is 3.32. The van der Waals surface area contributed by atoms with E-state index in [1.54, 1.807) is 7.11 Å². The number of carbonyl (C=O) groups excluding carboxylic acids is 1. The van der Waals surface area contributed by atoms with Gasteiger partial charge in [-0.3, -0.25) is 4.79 Å². The van der Waals surface area contributed by atoms with Crippen LogP contribution in [0.4, 0.5) is 0 Å². The Hall–Kier alpha value is -1.30. The van der Waals surface area contributed by atoms with Gasteiger partial charge in [0.15, 0.2) is 0 Å². The van der Waals surface area contributed by atoms with E-state index in [2.05, 4.69) is 29.6 Å². The maximum Gasteiger partial charge on any atom is 0.254 e. The molecule has 0 atom stereocenters. The van der Waals surface area contributed by atoms with Gasteiger partial charge < -0.3 is 19.7 Å². The van der Waals surface area contributed by atoms with Crippen molar-refractivity contribution in [2.45, 2.75) is 51.0 Å². The average molecular weight is 411 g/mol. The van der Waals surface area contributed by atoms with Gasteiger partial charge in [-0.05, 0) is 82.2 Å². The summed E-state index contributed by atoms with van der Waals surface area (Å²) >= 11 is 0. The minimum atomic E-state index is -0.597. The maximum atomic E-state index is 13.0. The smallest absolute Gasteiger partial charge is 0.254 e. The van der Waals surface area contributed by atoms with Gasteiger partial charge in [0.1, 0.15) is 11.4 Å². The lowest BCUT2D eigenvalue weighted by atomic mass is 9.87. The Bertz CT molecular complexity index is 594. The van der Waals surface area contributed by atoms with E-state index in [1.165, 1.54) is 12.0 Å². The summed E-state index contributed by atoms with van der Waals surface area (Å²) in [7, 11) is 1.69. The van der Waals surface area contributed by atoms with Crippen molar-refractivity contribution >= 4 is 18.3 Å². The van der Waals surface area contributed by atoms with Crippen molar-refractivity contribution in [3.63, 3.8) is 0 Å². The molecule has 2 aliphatic rings. The van der Waals surface area contributed by atoms with E-state index in [9.17, 15) is 4.79 Å². The van der Waals surface area contributed by atoms with Gasteiger partial charge in [-0.2, -0.15) is 0 Å². The van der Waals surface area contributed by atoms with Crippen LogP contribution in [0.25, 0.3) is 0 Å². The SMILES string of the molecule is CCOc1ccc(CCC2CCN(C(=O)C3(OC)CCNCC3)CC2)cc1.Cl. The first-order chi connectivity index (χ1) is 13.2. The Morgan fingerprint density at radius 2 is 1.82 bits per heavy atom.